The van der Waals surface area contributed by atoms with E-state index in [9.17, 15) is 5.11 Å². The number of nitrogens with zero attached hydrogens (tertiary/aromatic N) is 2. The van der Waals surface area contributed by atoms with Crippen LogP contribution >= 0.6 is 23.1 Å². The zero-order valence-electron chi connectivity index (χ0n) is 5.91. The second-order valence-corrected chi connectivity index (χ2v) is 3.36. The van der Waals surface area contributed by atoms with Gasteiger partial charge < -0.3 is 10.4 Å². The Morgan fingerprint density at radius 1 is 1.82 bits per heavy atom. The van der Waals surface area contributed by atoms with Crippen LogP contribution in [0.3, 0.4) is 0 Å². The third kappa shape index (κ3) is 2.10. The molecule has 0 amide bonds. The summed E-state index contributed by atoms with van der Waals surface area (Å²) in [5, 5.41) is 15.8. The minimum atomic E-state index is -0.661. The van der Waals surface area contributed by atoms with Crippen molar-refractivity contribution in [2.24, 2.45) is 0 Å². The van der Waals surface area contributed by atoms with E-state index in [-0.39, 0.29) is 0 Å². The molecule has 11 heavy (non-hydrogen) atoms. The average molecular weight is 194 g/mol. The first-order chi connectivity index (χ1) is 5.25. The largest absolute Gasteiger partial charge is 0.385 e. The van der Waals surface area contributed by atoms with E-state index < -0.39 is 6.10 Å². The fourth-order valence-corrected chi connectivity index (χ4v) is 1.40. The van der Waals surface area contributed by atoms with Gasteiger partial charge in [0.1, 0.15) is 16.1 Å². The van der Waals surface area contributed by atoms with Crippen LogP contribution in [0.2, 0.25) is 4.34 Å². The van der Waals surface area contributed by atoms with E-state index >= 15 is 0 Å². The number of halogens is 1. The Kier molecular flexibility index (Phi) is 3.19. The molecule has 0 aromatic carbocycles. The molecule has 2 N–H and O–H groups in total. The lowest BCUT2D eigenvalue weighted by molar-refractivity contribution is 0.173. The van der Waals surface area contributed by atoms with E-state index in [2.05, 4.69) is 14.9 Å². The van der Waals surface area contributed by atoms with Crippen molar-refractivity contribution in [2.75, 3.05) is 13.6 Å². The number of rotatable bonds is 3. The zero-order chi connectivity index (χ0) is 8.27. The number of aliphatic hydroxyl groups excluding tert-OH is 1. The molecule has 1 heterocycles. The van der Waals surface area contributed by atoms with E-state index in [1.807, 2.05) is 0 Å². The highest BCUT2D eigenvalue weighted by molar-refractivity contribution is 7.10. The predicted molar refractivity (Wildman–Crippen MR) is 43.8 cm³/mol. The monoisotopic (exact) mass is 193 g/mol. The molecule has 0 spiro atoms. The van der Waals surface area contributed by atoms with Crippen LogP contribution in [0.5, 0.6) is 0 Å². The Hall–Kier alpha value is -0.230. The molecule has 0 radical (unpaired) electrons. The van der Waals surface area contributed by atoms with Crippen molar-refractivity contribution in [1.82, 2.24) is 14.9 Å². The van der Waals surface area contributed by atoms with Gasteiger partial charge in [-0.05, 0) is 7.05 Å². The first kappa shape index (κ1) is 8.86. The van der Waals surface area contributed by atoms with Gasteiger partial charge in [-0.3, -0.25) is 0 Å². The van der Waals surface area contributed by atoms with Crippen molar-refractivity contribution >= 4 is 23.1 Å². The van der Waals surface area contributed by atoms with Crippen molar-refractivity contribution in [1.29, 1.82) is 0 Å². The smallest absolute Gasteiger partial charge is 0.140 e. The molecule has 1 unspecified atom stereocenters. The number of aromatic nitrogens is 2. The number of hydrogen-bond donors (Lipinski definition) is 2. The summed E-state index contributed by atoms with van der Waals surface area (Å²) in [6.07, 6.45) is -0.661. The molecule has 0 fully saturated rings. The highest BCUT2D eigenvalue weighted by Gasteiger charge is 2.14. The van der Waals surface area contributed by atoms with Gasteiger partial charge in [0.25, 0.3) is 0 Å². The van der Waals surface area contributed by atoms with Gasteiger partial charge in [-0.15, -0.1) is 5.10 Å². The number of nitrogens with one attached hydrogen (secondary N) is 1. The molecular weight excluding hydrogens is 186 g/mol. The third-order valence-electron chi connectivity index (χ3n) is 1.18. The second-order valence-electron chi connectivity index (χ2n) is 2.01. The highest BCUT2D eigenvalue weighted by Crippen LogP contribution is 2.22. The normalized spacial score (nSPS) is 13.4. The molecule has 6 heteroatoms. The standard InChI is InChI=1S/C5H8ClN3OS/c1-7-2-3(10)4-5(6)11-9-8-4/h3,7,10H,2H2,1H3. The Labute approximate surface area is 73.4 Å². The lowest BCUT2D eigenvalue weighted by atomic mass is 10.3. The fourth-order valence-electron chi connectivity index (χ4n) is 0.674. The van der Waals surface area contributed by atoms with Crippen molar-refractivity contribution in [3.8, 4) is 0 Å². The van der Waals surface area contributed by atoms with E-state index in [0.29, 0.717) is 16.6 Å². The molecule has 4 nitrogen and oxygen atoms in total. The van der Waals surface area contributed by atoms with Crippen molar-refractivity contribution < 1.29 is 5.11 Å². The quantitative estimate of drug-likeness (QED) is 0.732. The summed E-state index contributed by atoms with van der Waals surface area (Å²) in [4.78, 5) is 0. The van der Waals surface area contributed by atoms with Gasteiger partial charge in [-0.25, -0.2) is 0 Å². The Bertz CT molecular complexity index is 229. The number of aliphatic hydroxyl groups is 1. The first-order valence-corrected chi connectivity index (χ1v) is 4.21. The predicted octanol–water partition coefficient (Wildman–Crippen LogP) is 0.444. The van der Waals surface area contributed by atoms with Crippen LogP contribution in [0.1, 0.15) is 11.8 Å². The maximum Gasteiger partial charge on any atom is 0.140 e. The van der Waals surface area contributed by atoms with E-state index in [1.165, 1.54) is 0 Å². The lowest BCUT2D eigenvalue weighted by Gasteiger charge is -2.04. The summed E-state index contributed by atoms with van der Waals surface area (Å²) >= 11 is 6.75. The minimum Gasteiger partial charge on any atom is -0.385 e. The molecule has 0 saturated heterocycles. The van der Waals surface area contributed by atoms with Crippen LogP contribution in [-0.4, -0.2) is 28.3 Å². The first-order valence-electron chi connectivity index (χ1n) is 3.06. The van der Waals surface area contributed by atoms with E-state index in [4.69, 9.17) is 11.6 Å². The molecule has 1 atom stereocenters. The van der Waals surface area contributed by atoms with E-state index in [0.717, 1.165) is 11.5 Å². The van der Waals surface area contributed by atoms with Crippen LogP contribution in [0, 0.1) is 0 Å². The zero-order valence-corrected chi connectivity index (χ0v) is 7.48. The Balaban J connectivity index is 2.67. The van der Waals surface area contributed by atoms with Gasteiger partial charge in [0.15, 0.2) is 0 Å². The lowest BCUT2D eigenvalue weighted by Crippen LogP contribution is -2.17. The summed E-state index contributed by atoms with van der Waals surface area (Å²) < 4.78 is 4.05. The van der Waals surface area contributed by atoms with Crippen LogP contribution in [0.4, 0.5) is 0 Å². The van der Waals surface area contributed by atoms with Crippen LogP contribution < -0.4 is 5.32 Å². The Morgan fingerprint density at radius 2 is 2.55 bits per heavy atom. The summed E-state index contributed by atoms with van der Waals surface area (Å²) in [7, 11) is 1.75. The van der Waals surface area contributed by atoms with Crippen LogP contribution in [0.15, 0.2) is 0 Å². The number of hydrogen-bond acceptors (Lipinski definition) is 5. The van der Waals surface area contributed by atoms with Crippen molar-refractivity contribution in [3.05, 3.63) is 10.0 Å². The fraction of sp³-hybridized carbons (Fsp3) is 0.600. The van der Waals surface area contributed by atoms with Gasteiger partial charge >= 0.3 is 0 Å². The van der Waals surface area contributed by atoms with Gasteiger partial charge in [-0.2, -0.15) is 0 Å². The molecule has 1 aromatic heterocycles. The summed E-state index contributed by atoms with van der Waals surface area (Å²) in [5.41, 5.74) is 0.450. The molecule has 1 rings (SSSR count). The molecule has 0 aliphatic heterocycles. The van der Waals surface area contributed by atoms with Crippen molar-refractivity contribution in [2.45, 2.75) is 6.10 Å². The molecule has 0 saturated carbocycles. The van der Waals surface area contributed by atoms with Crippen LogP contribution in [-0.2, 0) is 0 Å². The average Bonchev–Trinajstić information content (AvgIpc) is 2.36. The summed E-state index contributed by atoms with van der Waals surface area (Å²) in [6.45, 7) is 0.436. The molecule has 62 valence electrons. The topological polar surface area (TPSA) is 58.0 Å². The summed E-state index contributed by atoms with van der Waals surface area (Å²) in [5.74, 6) is 0. The van der Waals surface area contributed by atoms with Gasteiger partial charge in [0, 0.05) is 18.1 Å². The SMILES string of the molecule is CNCC(O)c1nnsc1Cl. The van der Waals surface area contributed by atoms with Gasteiger partial charge in [-0.1, -0.05) is 16.1 Å². The Morgan fingerprint density at radius 3 is 3.00 bits per heavy atom. The molecule has 1 aromatic rings. The molecule has 0 bridgehead atoms. The highest BCUT2D eigenvalue weighted by atomic mass is 35.5. The van der Waals surface area contributed by atoms with Gasteiger partial charge in [0.2, 0.25) is 0 Å². The maximum absolute atomic E-state index is 9.35. The minimum absolute atomic E-state index is 0.436. The van der Waals surface area contributed by atoms with Crippen molar-refractivity contribution in [3.63, 3.8) is 0 Å². The molecule has 0 aliphatic carbocycles. The number of likely N-dealkylation sites (N-methyl/N-ethyl adjacent to an activating group) is 1. The molecular formula is C5H8ClN3OS. The summed E-state index contributed by atoms with van der Waals surface area (Å²) in [6, 6.07) is 0. The van der Waals surface area contributed by atoms with Crippen LogP contribution in [0.25, 0.3) is 0 Å². The maximum atomic E-state index is 9.35. The second kappa shape index (κ2) is 3.96. The van der Waals surface area contributed by atoms with Gasteiger partial charge in [0.05, 0.1) is 0 Å². The van der Waals surface area contributed by atoms with E-state index in [1.54, 1.807) is 7.05 Å². The molecule has 0 aliphatic rings. The third-order valence-corrected chi connectivity index (χ3v) is 2.12.